The zero-order valence-electron chi connectivity index (χ0n) is 11.1. The number of aldehydes is 1. The van der Waals surface area contributed by atoms with Crippen molar-refractivity contribution in [2.75, 3.05) is 14.2 Å². The van der Waals surface area contributed by atoms with E-state index in [1.807, 2.05) is 6.92 Å². The van der Waals surface area contributed by atoms with Crippen LogP contribution in [0.3, 0.4) is 0 Å². The van der Waals surface area contributed by atoms with Gasteiger partial charge in [0.25, 0.3) is 0 Å². The Labute approximate surface area is 111 Å². The van der Waals surface area contributed by atoms with Gasteiger partial charge in [-0.25, -0.2) is 9.59 Å². The average Bonchev–Trinajstić information content (AvgIpc) is 2.46. The van der Waals surface area contributed by atoms with Crippen LogP contribution in [0.5, 0.6) is 0 Å². The molecule has 1 aromatic rings. The molecular weight excluding hydrogens is 248 g/mol. The van der Waals surface area contributed by atoms with Crippen molar-refractivity contribution in [3.05, 3.63) is 34.9 Å². The Balaban J connectivity index is 3.33. The third-order valence-corrected chi connectivity index (χ3v) is 2.89. The van der Waals surface area contributed by atoms with Crippen molar-refractivity contribution < 1.29 is 23.9 Å². The molecule has 1 aromatic carbocycles. The lowest BCUT2D eigenvalue weighted by atomic mass is 9.94. The monoisotopic (exact) mass is 264 g/mol. The molecule has 0 heterocycles. The first-order valence-electron chi connectivity index (χ1n) is 5.84. The summed E-state index contributed by atoms with van der Waals surface area (Å²) in [6.07, 6.45) is 1.43. The second kappa shape index (κ2) is 6.68. The number of esters is 2. The van der Waals surface area contributed by atoms with Crippen LogP contribution in [0.15, 0.2) is 18.2 Å². The minimum absolute atomic E-state index is 0.104. The van der Waals surface area contributed by atoms with Gasteiger partial charge in [-0.15, -0.1) is 0 Å². The molecule has 1 atom stereocenters. The van der Waals surface area contributed by atoms with Gasteiger partial charge in [0.1, 0.15) is 6.29 Å². The SMILES string of the molecule is CCC(C=O)c1ccc(C(=O)OC)c(C(=O)OC)c1. The Bertz CT molecular complexity index is 493. The van der Waals surface area contributed by atoms with Crippen LogP contribution in [0, 0.1) is 0 Å². The predicted octanol–water partition coefficient (Wildman–Crippen LogP) is 1.95. The number of ether oxygens (including phenoxy) is 2. The van der Waals surface area contributed by atoms with Crippen molar-refractivity contribution in [3.8, 4) is 0 Å². The molecule has 0 amide bonds. The molecular formula is C14H16O5. The molecule has 5 heteroatoms. The number of hydrogen-bond donors (Lipinski definition) is 0. The van der Waals surface area contributed by atoms with E-state index in [0.29, 0.717) is 12.0 Å². The highest BCUT2D eigenvalue weighted by molar-refractivity contribution is 6.03. The molecule has 0 aliphatic carbocycles. The van der Waals surface area contributed by atoms with Crippen LogP contribution >= 0.6 is 0 Å². The molecule has 0 fully saturated rings. The molecule has 0 bridgehead atoms. The molecule has 5 nitrogen and oxygen atoms in total. The molecule has 0 aromatic heterocycles. The Hall–Kier alpha value is -2.17. The van der Waals surface area contributed by atoms with Gasteiger partial charge in [-0.05, 0) is 24.1 Å². The Morgan fingerprint density at radius 1 is 1.16 bits per heavy atom. The molecule has 0 saturated heterocycles. The maximum atomic E-state index is 11.7. The Morgan fingerprint density at radius 2 is 1.74 bits per heavy atom. The molecule has 0 N–H and O–H groups in total. The topological polar surface area (TPSA) is 69.7 Å². The fourth-order valence-corrected chi connectivity index (χ4v) is 1.77. The molecule has 0 aliphatic rings. The summed E-state index contributed by atoms with van der Waals surface area (Å²) in [7, 11) is 2.46. The van der Waals surface area contributed by atoms with Crippen molar-refractivity contribution in [1.29, 1.82) is 0 Å². The van der Waals surface area contributed by atoms with Crippen LogP contribution in [0.1, 0.15) is 45.5 Å². The number of methoxy groups -OCH3 is 2. The minimum Gasteiger partial charge on any atom is -0.465 e. The van der Waals surface area contributed by atoms with Crippen molar-refractivity contribution >= 4 is 18.2 Å². The van der Waals surface area contributed by atoms with Crippen LogP contribution < -0.4 is 0 Å². The third kappa shape index (κ3) is 3.19. The highest BCUT2D eigenvalue weighted by Gasteiger charge is 2.20. The summed E-state index contributed by atoms with van der Waals surface area (Å²) in [6, 6.07) is 4.61. The summed E-state index contributed by atoms with van der Waals surface area (Å²) in [6.45, 7) is 1.87. The molecule has 0 aliphatic heterocycles. The largest absolute Gasteiger partial charge is 0.465 e. The van der Waals surface area contributed by atoms with Crippen LogP contribution in [0.4, 0.5) is 0 Å². The lowest BCUT2D eigenvalue weighted by Crippen LogP contribution is -2.13. The minimum atomic E-state index is -0.636. The zero-order valence-corrected chi connectivity index (χ0v) is 11.1. The smallest absolute Gasteiger partial charge is 0.338 e. The van der Waals surface area contributed by atoms with Gasteiger partial charge in [0.15, 0.2) is 0 Å². The molecule has 19 heavy (non-hydrogen) atoms. The Morgan fingerprint density at radius 3 is 2.21 bits per heavy atom. The summed E-state index contributed by atoms with van der Waals surface area (Å²) >= 11 is 0. The van der Waals surface area contributed by atoms with Gasteiger partial charge in [0, 0.05) is 5.92 Å². The maximum absolute atomic E-state index is 11.7. The van der Waals surface area contributed by atoms with Crippen molar-refractivity contribution in [1.82, 2.24) is 0 Å². The second-order valence-corrected chi connectivity index (χ2v) is 3.94. The van der Waals surface area contributed by atoms with Gasteiger partial charge in [0.2, 0.25) is 0 Å². The maximum Gasteiger partial charge on any atom is 0.338 e. The summed E-state index contributed by atoms with van der Waals surface area (Å²) in [4.78, 5) is 34.2. The van der Waals surface area contributed by atoms with Crippen LogP contribution in [-0.4, -0.2) is 32.4 Å². The van der Waals surface area contributed by atoms with Crippen LogP contribution in [-0.2, 0) is 14.3 Å². The van der Waals surface area contributed by atoms with Crippen molar-refractivity contribution in [2.45, 2.75) is 19.3 Å². The molecule has 1 unspecified atom stereocenters. The number of benzene rings is 1. The first kappa shape index (κ1) is 14.9. The standard InChI is InChI=1S/C14H16O5/c1-4-9(8-15)10-5-6-11(13(16)18-2)12(7-10)14(17)19-3/h5-9H,4H2,1-3H3. The third-order valence-electron chi connectivity index (χ3n) is 2.89. The first-order chi connectivity index (χ1) is 9.08. The number of carbonyl (C=O) groups is 3. The summed E-state index contributed by atoms with van der Waals surface area (Å²) in [5.74, 6) is -1.57. The summed E-state index contributed by atoms with van der Waals surface area (Å²) in [5, 5.41) is 0. The normalized spacial score (nSPS) is 11.5. The fourth-order valence-electron chi connectivity index (χ4n) is 1.77. The van der Waals surface area contributed by atoms with E-state index in [1.54, 1.807) is 6.07 Å². The number of hydrogen-bond acceptors (Lipinski definition) is 5. The van der Waals surface area contributed by atoms with Crippen LogP contribution in [0.2, 0.25) is 0 Å². The quantitative estimate of drug-likeness (QED) is 0.600. The first-order valence-corrected chi connectivity index (χ1v) is 5.84. The van der Waals surface area contributed by atoms with Crippen molar-refractivity contribution in [3.63, 3.8) is 0 Å². The van der Waals surface area contributed by atoms with E-state index in [1.165, 1.54) is 26.4 Å². The highest BCUT2D eigenvalue weighted by atomic mass is 16.5. The van der Waals surface area contributed by atoms with E-state index in [2.05, 4.69) is 9.47 Å². The van der Waals surface area contributed by atoms with Gasteiger partial charge in [-0.2, -0.15) is 0 Å². The lowest BCUT2D eigenvalue weighted by Gasteiger charge is -2.12. The van der Waals surface area contributed by atoms with E-state index in [-0.39, 0.29) is 17.0 Å². The highest BCUT2D eigenvalue weighted by Crippen LogP contribution is 2.22. The number of carbonyl (C=O) groups excluding carboxylic acids is 3. The lowest BCUT2D eigenvalue weighted by molar-refractivity contribution is -0.109. The molecule has 1 rings (SSSR count). The van der Waals surface area contributed by atoms with Gasteiger partial charge in [-0.3, -0.25) is 0 Å². The van der Waals surface area contributed by atoms with Gasteiger partial charge >= 0.3 is 11.9 Å². The number of rotatable bonds is 5. The zero-order chi connectivity index (χ0) is 14.4. The van der Waals surface area contributed by atoms with E-state index >= 15 is 0 Å². The van der Waals surface area contributed by atoms with Gasteiger partial charge in [-0.1, -0.05) is 13.0 Å². The fraction of sp³-hybridized carbons (Fsp3) is 0.357. The molecule has 0 spiro atoms. The molecule has 0 radical (unpaired) electrons. The van der Waals surface area contributed by atoms with E-state index in [9.17, 15) is 14.4 Å². The van der Waals surface area contributed by atoms with E-state index < -0.39 is 11.9 Å². The predicted molar refractivity (Wildman–Crippen MR) is 68.2 cm³/mol. The van der Waals surface area contributed by atoms with E-state index in [0.717, 1.165) is 6.29 Å². The molecule has 0 saturated carbocycles. The Kier molecular flexibility index (Phi) is 5.23. The summed E-state index contributed by atoms with van der Waals surface area (Å²) in [5.41, 5.74) is 0.900. The second-order valence-electron chi connectivity index (χ2n) is 3.94. The van der Waals surface area contributed by atoms with E-state index in [4.69, 9.17) is 0 Å². The van der Waals surface area contributed by atoms with Crippen molar-refractivity contribution in [2.24, 2.45) is 0 Å². The van der Waals surface area contributed by atoms with Crippen LogP contribution in [0.25, 0.3) is 0 Å². The van der Waals surface area contributed by atoms with Gasteiger partial charge < -0.3 is 14.3 Å². The molecule has 102 valence electrons. The summed E-state index contributed by atoms with van der Waals surface area (Å²) < 4.78 is 9.25. The van der Waals surface area contributed by atoms with Gasteiger partial charge in [0.05, 0.1) is 25.3 Å². The average molecular weight is 264 g/mol.